The largest absolute Gasteiger partial charge is 0.472 e. The van der Waals surface area contributed by atoms with Gasteiger partial charge in [-0.3, -0.25) is 23.2 Å². The molecule has 5 unspecified atom stereocenters. The third kappa shape index (κ3) is 31.9. The van der Waals surface area contributed by atoms with Crippen LogP contribution >= 0.6 is 15.6 Å². The number of phosphoric ester groups is 2. The number of aliphatic hydroxyl groups excluding tert-OH is 5. The van der Waals surface area contributed by atoms with Crippen LogP contribution in [0.15, 0.2) is 48.6 Å². The highest BCUT2D eigenvalue weighted by Gasteiger charge is 2.54. The van der Waals surface area contributed by atoms with E-state index in [1.54, 1.807) is 12.2 Å². The predicted octanol–water partition coefficient (Wildman–Crippen LogP) is 8.26. The van der Waals surface area contributed by atoms with Crippen LogP contribution in [0.2, 0.25) is 0 Å². The number of esters is 2. The Labute approximate surface area is 393 Å². The molecule has 8 N–H and O–H groups in total. The molecular formula is C47H84O17P2. The Kier molecular flexibility index (Phi) is 35.4. The summed E-state index contributed by atoms with van der Waals surface area (Å²) < 4.78 is 49.3. The van der Waals surface area contributed by atoms with E-state index in [1.807, 2.05) is 30.4 Å². The zero-order chi connectivity index (χ0) is 49.1. The minimum absolute atomic E-state index is 0.0135. The van der Waals surface area contributed by atoms with E-state index in [2.05, 4.69) is 24.4 Å². The van der Waals surface area contributed by atoms with Crippen molar-refractivity contribution < 1.29 is 82.0 Å². The van der Waals surface area contributed by atoms with Gasteiger partial charge in [0.05, 0.1) is 12.7 Å². The maximum Gasteiger partial charge on any atom is 0.472 e. The van der Waals surface area contributed by atoms with E-state index < -0.39 is 89.6 Å². The normalized spacial score (nSPS) is 22.4. The summed E-state index contributed by atoms with van der Waals surface area (Å²) >= 11 is 0. The van der Waals surface area contributed by atoms with Gasteiger partial charge >= 0.3 is 27.6 Å². The molecule has 1 rings (SSSR count). The maximum absolute atomic E-state index is 13.0. The number of aliphatic hydroxyl groups is 5. The summed E-state index contributed by atoms with van der Waals surface area (Å²) in [6, 6.07) is 0. The number of hydrogen-bond acceptors (Lipinski definition) is 14. The van der Waals surface area contributed by atoms with Gasteiger partial charge in [-0.25, -0.2) is 9.13 Å². The number of phosphoric acid groups is 2. The third-order valence-electron chi connectivity index (χ3n) is 11.0. The SMILES string of the molecule is CCCCC/C=C\C[C@@H](O)/C=C/C=C\C/C=C\CCCC(=O)OC[C@H](COP(=O)(O)O[C@H]1C(O)C(O)C(O)[C@@H](OP(=O)(O)O)C1O)OC(=O)CCCCCCCCCCCCCCCCC. The van der Waals surface area contributed by atoms with Crippen LogP contribution in [0, 0.1) is 0 Å². The molecule has 0 radical (unpaired) electrons. The maximum atomic E-state index is 13.0. The van der Waals surface area contributed by atoms with Crippen LogP contribution in [0.1, 0.15) is 174 Å². The lowest BCUT2D eigenvalue weighted by Gasteiger charge is -2.43. The molecule has 0 bridgehead atoms. The molecule has 0 aromatic carbocycles. The summed E-state index contributed by atoms with van der Waals surface area (Å²) in [4.78, 5) is 54.3. The molecule has 0 spiro atoms. The van der Waals surface area contributed by atoms with Crippen LogP contribution in [-0.2, 0) is 41.8 Å². The van der Waals surface area contributed by atoms with Crippen molar-refractivity contribution in [3.63, 3.8) is 0 Å². The molecule has 1 aliphatic carbocycles. The third-order valence-corrected chi connectivity index (χ3v) is 12.5. The van der Waals surface area contributed by atoms with Crippen LogP contribution in [0.3, 0.4) is 0 Å². The van der Waals surface area contributed by atoms with Crippen molar-refractivity contribution in [1.82, 2.24) is 0 Å². The first kappa shape index (κ1) is 61.9. The Morgan fingerprint density at radius 3 is 1.67 bits per heavy atom. The van der Waals surface area contributed by atoms with E-state index in [-0.39, 0.29) is 12.8 Å². The van der Waals surface area contributed by atoms with Gasteiger partial charge in [0.25, 0.3) is 0 Å². The first-order valence-electron chi connectivity index (χ1n) is 24.3. The molecule has 0 aromatic rings. The van der Waals surface area contributed by atoms with Gasteiger partial charge in [-0.2, -0.15) is 0 Å². The minimum Gasteiger partial charge on any atom is -0.462 e. The van der Waals surface area contributed by atoms with Gasteiger partial charge in [0.15, 0.2) is 6.10 Å². The van der Waals surface area contributed by atoms with Crippen molar-refractivity contribution in [3.8, 4) is 0 Å². The molecule has 0 aliphatic heterocycles. The zero-order valence-corrected chi connectivity index (χ0v) is 41.3. The lowest BCUT2D eigenvalue weighted by Crippen LogP contribution is -2.64. The lowest BCUT2D eigenvalue weighted by atomic mass is 9.85. The zero-order valence-electron chi connectivity index (χ0n) is 39.5. The van der Waals surface area contributed by atoms with Gasteiger partial charge in [0.1, 0.15) is 43.2 Å². The fourth-order valence-electron chi connectivity index (χ4n) is 7.16. The van der Waals surface area contributed by atoms with Crippen molar-refractivity contribution in [2.45, 2.75) is 223 Å². The standard InChI is InChI=1S/C47H84O17P2/c1-3-5-7-9-11-12-13-14-15-16-17-18-23-27-31-35-41(50)62-39(37-61-66(58,59)64-47-44(53)42(51)43(52)46(45(47)54)63-65(55,56)57)36-60-40(49)34-30-26-22-20-19-21-25-29-33-38(48)32-28-24-10-8-6-4-2/h20-22,24-25,28-29,33,38-39,42-48,51-54H,3-19,23,26-27,30-32,34-37H2,1-2H3,(H,58,59)(H2,55,56,57)/b22-20-,25-21-,28-24-,33-29+/t38-,39-,42?,43?,44?,45?,46-,47+/m1/s1. The number of ether oxygens (including phenoxy) is 2. The van der Waals surface area contributed by atoms with Crippen LogP contribution in [-0.4, -0.2) is 114 Å². The first-order valence-corrected chi connectivity index (χ1v) is 27.3. The Balaban J connectivity index is 2.64. The topological polar surface area (TPSA) is 276 Å². The number of rotatable bonds is 40. The molecule has 0 aromatic heterocycles. The van der Waals surface area contributed by atoms with Gasteiger partial charge in [0.2, 0.25) is 0 Å². The highest BCUT2D eigenvalue weighted by molar-refractivity contribution is 7.47. The van der Waals surface area contributed by atoms with Crippen LogP contribution in [0.5, 0.6) is 0 Å². The molecule has 1 aliphatic rings. The summed E-state index contributed by atoms with van der Waals surface area (Å²) in [7, 11) is -10.7. The quantitative estimate of drug-likeness (QED) is 0.00943. The lowest BCUT2D eigenvalue weighted by molar-refractivity contribution is -0.216. The highest BCUT2D eigenvalue weighted by Crippen LogP contribution is 2.49. The average molecular weight is 983 g/mol. The monoisotopic (exact) mass is 983 g/mol. The van der Waals surface area contributed by atoms with Crippen LogP contribution in [0.4, 0.5) is 0 Å². The highest BCUT2D eigenvalue weighted by atomic mass is 31.2. The van der Waals surface area contributed by atoms with Gasteiger partial charge in [-0.05, 0) is 44.9 Å². The van der Waals surface area contributed by atoms with E-state index >= 15 is 0 Å². The fraction of sp³-hybridized carbons (Fsp3) is 0.787. The van der Waals surface area contributed by atoms with Gasteiger partial charge < -0.3 is 49.7 Å². The number of hydrogen-bond donors (Lipinski definition) is 8. The molecule has 66 heavy (non-hydrogen) atoms. The van der Waals surface area contributed by atoms with E-state index in [0.29, 0.717) is 32.1 Å². The number of carbonyl (C=O) groups is 2. The molecule has 0 saturated heterocycles. The van der Waals surface area contributed by atoms with Gasteiger partial charge in [-0.15, -0.1) is 0 Å². The molecule has 0 heterocycles. The second kappa shape index (κ2) is 37.8. The molecule has 1 fully saturated rings. The molecule has 9 atom stereocenters. The smallest absolute Gasteiger partial charge is 0.462 e. The van der Waals surface area contributed by atoms with E-state index in [1.165, 1.54) is 77.0 Å². The van der Waals surface area contributed by atoms with E-state index in [9.17, 15) is 58.9 Å². The molecule has 0 amide bonds. The Bertz CT molecular complexity index is 1480. The predicted molar refractivity (Wildman–Crippen MR) is 252 cm³/mol. The van der Waals surface area contributed by atoms with Crippen molar-refractivity contribution in [1.29, 1.82) is 0 Å². The van der Waals surface area contributed by atoms with Crippen LogP contribution in [0.25, 0.3) is 0 Å². The van der Waals surface area contributed by atoms with Crippen molar-refractivity contribution in [2.24, 2.45) is 0 Å². The molecule has 1 saturated carbocycles. The first-order chi connectivity index (χ1) is 31.5. The van der Waals surface area contributed by atoms with Crippen molar-refractivity contribution >= 4 is 27.6 Å². The second-order valence-electron chi connectivity index (χ2n) is 17.0. The van der Waals surface area contributed by atoms with Gasteiger partial charge in [0, 0.05) is 12.8 Å². The Morgan fingerprint density at radius 1 is 0.561 bits per heavy atom. The molecule has 19 heteroatoms. The summed E-state index contributed by atoms with van der Waals surface area (Å²) in [5.41, 5.74) is 0. The van der Waals surface area contributed by atoms with Crippen molar-refractivity contribution in [3.05, 3.63) is 48.6 Å². The number of carbonyl (C=O) groups excluding carboxylic acids is 2. The molecular weight excluding hydrogens is 898 g/mol. The average Bonchev–Trinajstić information content (AvgIpc) is 3.27. The summed E-state index contributed by atoms with van der Waals surface area (Å²) in [5.74, 6) is -1.31. The summed E-state index contributed by atoms with van der Waals surface area (Å²) in [5, 5.41) is 51.3. The summed E-state index contributed by atoms with van der Waals surface area (Å²) in [6.07, 6.45) is 23.8. The number of unbranched alkanes of at least 4 members (excludes halogenated alkanes) is 18. The second-order valence-corrected chi connectivity index (χ2v) is 19.6. The molecule has 17 nitrogen and oxygen atoms in total. The number of allylic oxidation sites excluding steroid dienone is 6. The fourth-order valence-corrected chi connectivity index (χ4v) is 8.70. The van der Waals surface area contributed by atoms with Crippen LogP contribution < -0.4 is 0 Å². The van der Waals surface area contributed by atoms with Crippen molar-refractivity contribution in [2.75, 3.05) is 13.2 Å². The minimum atomic E-state index is -5.38. The van der Waals surface area contributed by atoms with E-state index in [4.69, 9.17) is 18.5 Å². The molecule has 384 valence electrons. The summed E-state index contributed by atoms with van der Waals surface area (Å²) in [6.45, 7) is 2.97. The Hall–Kier alpha value is -2.08. The van der Waals surface area contributed by atoms with E-state index in [0.717, 1.165) is 38.5 Å². The Morgan fingerprint density at radius 2 is 1.08 bits per heavy atom. The van der Waals surface area contributed by atoms with Gasteiger partial charge in [-0.1, -0.05) is 165 Å².